The van der Waals surface area contributed by atoms with Gasteiger partial charge in [0.05, 0.1) is 18.3 Å². The highest BCUT2D eigenvalue weighted by molar-refractivity contribution is 5.89. The molecule has 0 aromatic heterocycles. The molecule has 1 atom stereocenters. The van der Waals surface area contributed by atoms with Crippen LogP contribution in [0.4, 0.5) is 14.9 Å². The standard InChI is InChI=1S/C19H21FN2O2/c20-16-8-4-5-9-17(16)21-19(24)22(18(13-23)15-10-11-15)12-14-6-2-1-3-7-14/h1-9,15,18,23H,10-13H2,(H,21,24). The van der Waals surface area contributed by atoms with Crippen molar-refractivity contribution >= 4 is 11.7 Å². The number of nitrogens with one attached hydrogen (secondary N) is 1. The monoisotopic (exact) mass is 328 g/mol. The summed E-state index contributed by atoms with van der Waals surface area (Å²) < 4.78 is 13.8. The smallest absolute Gasteiger partial charge is 0.322 e. The van der Waals surface area contributed by atoms with Crippen molar-refractivity contribution in [3.05, 3.63) is 66.0 Å². The lowest BCUT2D eigenvalue weighted by Gasteiger charge is -2.31. The fourth-order valence-corrected chi connectivity index (χ4v) is 2.85. The first-order valence-electron chi connectivity index (χ1n) is 8.16. The number of amides is 2. The van der Waals surface area contributed by atoms with E-state index in [1.165, 1.54) is 12.1 Å². The van der Waals surface area contributed by atoms with Crippen LogP contribution in [0, 0.1) is 11.7 Å². The maximum absolute atomic E-state index is 13.8. The Hall–Kier alpha value is -2.40. The van der Waals surface area contributed by atoms with Gasteiger partial charge < -0.3 is 15.3 Å². The van der Waals surface area contributed by atoms with Gasteiger partial charge in [0.25, 0.3) is 0 Å². The van der Waals surface area contributed by atoms with Crippen LogP contribution in [0.2, 0.25) is 0 Å². The summed E-state index contributed by atoms with van der Waals surface area (Å²) in [4.78, 5) is 14.3. The molecule has 0 aliphatic heterocycles. The maximum Gasteiger partial charge on any atom is 0.322 e. The maximum atomic E-state index is 13.8. The second kappa shape index (κ2) is 7.45. The lowest BCUT2D eigenvalue weighted by molar-refractivity contribution is 0.124. The van der Waals surface area contributed by atoms with E-state index in [0.717, 1.165) is 18.4 Å². The summed E-state index contributed by atoms with van der Waals surface area (Å²) >= 11 is 0. The number of carbonyl (C=O) groups excluding carboxylic acids is 1. The van der Waals surface area contributed by atoms with Crippen molar-refractivity contribution in [3.63, 3.8) is 0 Å². The number of rotatable bonds is 6. The zero-order valence-corrected chi connectivity index (χ0v) is 13.4. The second-order valence-electron chi connectivity index (χ2n) is 6.11. The number of nitrogens with zero attached hydrogens (tertiary/aromatic N) is 1. The number of aliphatic hydroxyl groups is 1. The number of anilines is 1. The van der Waals surface area contributed by atoms with Crippen molar-refractivity contribution in [2.45, 2.75) is 25.4 Å². The van der Waals surface area contributed by atoms with Gasteiger partial charge in [-0.1, -0.05) is 42.5 Å². The average molecular weight is 328 g/mol. The van der Waals surface area contributed by atoms with E-state index in [2.05, 4.69) is 5.32 Å². The highest BCUT2D eigenvalue weighted by atomic mass is 19.1. The molecule has 0 heterocycles. The normalized spacial score (nSPS) is 14.9. The van der Waals surface area contributed by atoms with Crippen LogP contribution in [0.5, 0.6) is 0 Å². The lowest BCUT2D eigenvalue weighted by Crippen LogP contribution is -2.45. The zero-order chi connectivity index (χ0) is 16.9. The molecular formula is C19H21FN2O2. The van der Waals surface area contributed by atoms with Crippen molar-refractivity contribution in [3.8, 4) is 0 Å². The molecular weight excluding hydrogens is 307 g/mol. The van der Waals surface area contributed by atoms with Crippen molar-refractivity contribution < 1.29 is 14.3 Å². The SMILES string of the molecule is O=C(Nc1ccccc1F)N(Cc1ccccc1)C(CO)C1CC1. The molecule has 0 bridgehead atoms. The van der Waals surface area contributed by atoms with Crippen LogP contribution in [0.15, 0.2) is 54.6 Å². The van der Waals surface area contributed by atoms with Gasteiger partial charge in [-0.25, -0.2) is 9.18 Å². The Bertz CT molecular complexity index is 689. The van der Waals surface area contributed by atoms with Crippen LogP contribution in [-0.2, 0) is 6.54 Å². The van der Waals surface area contributed by atoms with Gasteiger partial charge in [0, 0.05) is 6.54 Å². The number of urea groups is 1. The molecule has 1 aliphatic carbocycles. The lowest BCUT2D eigenvalue weighted by atomic mass is 10.1. The Morgan fingerprint density at radius 3 is 2.46 bits per heavy atom. The van der Waals surface area contributed by atoms with E-state index in [1.807, 2.05) is 30.3 Å². The molecule has 2 N–H and O–H groups in total. The molecule has 24 heavy (non-hydrogen) atoms. The van der Waals surface area contributed by atoms with Crippen LogP contribution in [0.3, 0.4) is 0 Å². The Balaban J connectivity index is 1.80. The highest BCUT2D eigenvalue weighted by Gasteiger charge is 2.37. The molecule has 5 heteroatoms. The first-order valence-corrected chi connectivity index (χ1v) is 8.16. The quantitative estimate of drug-likeness (QED) is 0.851. The molecule has 2 aromatic rings. The van der Waals surface area contributed by atoms with Crippen LogP contribution in [0.1, 0.15) is 18.4 Å². The van der Waals surface area contributed by atoms with E-state index in [-0.39, 0.29) is 18.3 Å². The molecule has 2 amide bonds. The van der Waals surface area contributed by atoms with Gasteiger partial charge in [0.1, 0.15) is 5.82 Å². The number of halogens is 1. The molecule has 0 radical (unpaired) electrons. The van der Waals surface area contributed by atoms with Crippen LogP contribution < -0.4 is 5.32 Å². The van der Waals surface area contributed by atoms with Gasteiger partial charge in [0.15, 0.2) is 0 Å². The number of hydrogen-bond donors (Lipinski definition) is 2. The van der Waals surface area contributed by atoms with Crippen molar-refractivity contribution in [2.75, 3.05) is 11.9 Å². The van der Waals surface area contributed by atoms with Crippen molar-refractivity contribution in [1.82, 2.24) is 4.90 Å². The predicted molar refractivity (Wildman–Crippen MR) is 91.0 cm³/mol. The summed E-state index contributed by atoms with van der Waals surface area (Å²) in [5, 5.41) is 12.4. The third-order valence-electron chi connectivity index (χ3n) is 4.33. The summed E-state index contributed by atoms with van der Waals surface area (Å²) in [6.45, 7) is 0.283. The molecule has 2 aromatic carbocycles. The van der Waals surface area contributed by atoms with Gasteiger partial charge in [-0.05, 0) is 36.5 Å². The number of para-hydroxylation sites is 1. The third-order valence-corrected chi connectivity index (χ3v) is 4.33. The van der Waals surface area contributed by atoms with E-state index in [4.69, 9.17) is 0 Å². The molecule has 4 nitrogen and oxygen atoms in total. The fraction of sp³-hybridized carbons (Fsp3) is 0.316. The number of benzene rings is 2. The Morgan fingerprint density at radius 1 is 1.17 bits per heavy atom. The second-order valence-corrected chi connectivity index (χ2v) is 6.11. The van der Waals surface area contributed by atoms with Crippen LogP contribution in [-0.4, -0.2) is 28.7 Å². The first kappa shape index (κ1) is 16.5. The summed E-state index contributed by atoms with van der Waals surface area (Å²) in [7, 11) is 0. The van der Waals surface area contributed by atoms with Crippen LogP contribution in [0.25, 0.3) is 0 Å². The van der Waals surface area contributed by atoms with E-state index >= 15 is 0 Å². The molecule has 0 spiro atoms. The molecule has 0 saturated heterocycles. The van der Waals surface area contributed by atoms with Gasteiger partial charge in [-0.2, -0.15) is 0 Å². The Labute approximate surface area is 140 Å². The van der Waals surface area contributed by atoms with E-state index in [1.54, 1.807) is 17.0 Å². The first-order chi connectivity index (χ1) is 11.7. The number of hydrogen-bond acceptors (Lipinski definition) is 2. The average Bonchev–Trinajstić information content (AvgIpc) is 3.42. The summed E-state index contributed by atoms with van der Waals surface area (Å²) in [6.07, 6.45) is 2.01. The number of carbonyl (C=O) groups is 1. The molecule has 1 unspecified atom stereocenters. The van der Waals surface area contributed by atoms with Crippen molar-refractivity contribution in [1.29, 1.82) is 0 Å². The summed E-state index contributed by atoms with van der Waals surface area (Å²) in [6, 6.07) is 15.0. The minimum atomic E-state index is -0.475. The van der Waals surface area contributed by atoms with Gasteiger partial charge in [-0.3, -0.25) is 0 Å². The molecule has 3 rings (SSSR count). The van der Waals surface area contributed by atoms with Gasteiger partial charge >= 0.3 is 6.03 Å². The molecule has 1 aliphatic rings. The van der Waals surface area contributed by atoms with E-state index in [0.29, 0.717) is 12.5 Å². The van der Waals surface area contributed by atoms with Gasteiger partial charge in [-0.15, -0.1) is 0 Å². The topological polar surface area (TPSA) is 52.6 Å². The fourth-order valence-electron chi connectivity index (χ4n) is 2.85. The zero-order valence-electron chi connectivity index (χ0n) is 13.4. The highest BCUT2D eigenvalue weighted by Crippen LogP contribution is 2.36. The third kappa shape index (κ3) is 3.92. The molecule has 126 valence electrons. The van der Waals surface area contributed by atoms with E-state index in [9.17, 15) is 14.3 Å². The van der Waals surface area contributed by atoms with E-state index < -0.39 is 11.8 Å². The Morgan fingerprint density at radius 2 is 1.83 bits per heavy atom. The minimum absolute atomic E-state index is 0.0950. The predicted octanol–water partition coefficient (Wildman–Crippen LogP) is 3.63. The van der Waals surface area contributed by atoms with Crippen molar-refractivity contribution in [2.24, 2.45) is 5.92 Å². The summed E-state index contributed by atoms with van der Waals surface area (Å²) in [5.41, 5.74) is 1.12. The van der Waals surface area contributed by atoms with Gasteiger partial charge in [0.2, 0.25) is 0 Å². The summed E-state index contributed by atoms with van der Waals surface area (Å²) in [5.74, 6) is -0.164. The molecule has 1 fully saturated rings. The largest absolute Gasteiger partial charge is 0.394 e. The minimum Gasteiger partial charge on any atom is -0.394 e. The number of aliphatic hydroxyl groups excluding tert-OH is 1. The molecule has 1 saturated carbocycles. The Kier molecular flexibility index (Phi) is 5.11. The van der Waals surface area contributed by atoms with Crippen LogP contribution >= 0.6 is 0 Å².